The van der Waals surface area contributed by atoms with Gasteiger partial charge in [-0.2, -0.15) is 0 Å². The van der Waals surface area contributed by atoms with Gasteiger partial charge in [0.05, 0.1) is 25.7 Å². The Morgan fingerprint density at radius 3 is 3.00 bits per heavy atom. The number of aryl methyl sites for hydroxylation is 2. The number of ether oxygens (including phenoxy) is 1. The monoisotopic (exact) mass is 277 g/mol. The number of hydrogen-bond acceptors (Lipinski definition) is 3. The van der Waals surface area contributed by atoms with Gasteiger partial charge in [-0.15, -0.1) is 0 Å². The predicted molar refractivity (Wildman–Crippen MR) is 77.8 cm³/mol. The molecule has 0 radical (unpaired) electrons. The summed E-state index contributed by atoms with van der Waals surface area (Å²) in [7, 11) is 0. The van der Waals surface area contributed by atoms with E-state index >= 15 is 0 Å². The molecule has 1 N–H and O–H groups in total. The first-order valence-corrected chi connectivity index (χ1v) is 7.22. The molecule has 0 saturated carbocycles. The molecule has 0 aromatic heterocycles. The lowest BCUT2D eigenvalue weighted by Gasteiger charge is -2.23. The number of carbonyl (C=O) groups excluding carboxylic acids is 1. The molecule has 1 heterocycles. The highest BCUT2D eigenvalue weighted by Gasteiger charge is 2.27. The van der Waals surface area contributed by atoms with Crippen molar-refractivity contribution in [3.05, 3.63) is 29.3 Å². The number of likely N-dealkylation sites (tertiary alicyclic amines) is 1. The van der Waals surface area contributed by atoms with Crippen LogP contribution in [0.5, 0.6) is 5.75 Å². The van der Waals surface area contributed by atoms with Gasteiger partial charge in [-0.1, -0.05) is 12.1 Å². The number of nitrogens with zero attached hydrogens (tertiary/aromatic N) is 1. The zero-order chi connectivity index (χ0) is 14.5. The molecule has 1 aromatic carbocycles. The van der Waals surface area contributed by atoms with Crippen molar-refractivity contribution < 1.29 is 14.6 Å². The normalized spacial score (nSPS) is 18.4. The van der Waals surface area contributed by atoms with Crippen molar-refractivity contribution in [2.75, 3.05) is 19.8 Å². The summed E-state index contributed by atoms with van der Waals surface area (Å²) >= 11 is 0. The first-order valence-electron chi connectivity index (χ1n) is 7.22. The van der Waals surface area contributed by atoms with E-state index in [9.17, 15) is 9.90 Å². The Hall–Kier alpha value is -1.55. The molecular weight excluding hydrogens is 254 g/mol. The Morgan fingerprint density at radius 1 is 1.45 bits per heavy atom. The molecule has 4 heteroatoms. The zero-order valence-corrected chi connectivity index (χ0v) is 12.3. The van der Waals surface area contributed by atoms with Crippen LogP contribution in [0.1, 0.15) is 30.4 Å². The molecule has 0 aliphatic carbocycles. The van der Waals surface area contributed by atoms with Crippen molar-refractivity contribution in [2.45, 2.75) is 39.2 Å². The lowest BCUT2D eigenvalue weighted by molar-refractivity contribution is -0.133. The molecule has 110 valence electrons. The molecule has 1 aliphatic rings. The standard InChI is InChI=1S/C16H23NO3/c1-12-5-6-13(2)15(10-12)20-9-7-16(19)17-8-3-4-14(17)11-18/h5-6,10,14,18H,3-4,7-9,11H2,1-2H3. The second-order valence-electron chi connectivity index (χ2n) is 5.43. The highest BCUT2D eigenvalue weighted by molar-refractivity contribution is 5.77. The van der Waals surface area contributed by atoms with E-state index in [1.807, 2.05) is 32.0 Å². The summed E-state index contributed by atoms with van der Waals surface area (Å²) in [6, 6.07) is 6.06. The maximum absolute atomic E-state index is 12.1. The Kier molecular flexibility index (Phi) is 5.01. The summed E-state index contributed by atoms with van der Waals surface area (Å²) in [6.45, 7) is 5.22. The average molecular weight is 277 g/mol. The second-order valence-corrected chi connectivity index (χ2v) is 5.43. The van der Waals surface area contributed by atoms with Gasteiger partial charge < -0.3 is 14.7 Å². The zero-order valence-electron chi connectivity index (χ0n) is 12.3. The van der Waals surface area contributed by atoms with E-state index < -0.39 is 0 Å². The van der Waals surface area contributed by atoms with E-state index in [-0.39, 0.29) is 18.6 Å². The van der Waals surface area contributed by atoms with E-state index in [1.165, 1.54) is 0 Å². The molecule has 4 nitrogen and oxygen atoms in total. The fourth-order valence-corrected chi connectivity index (χ4v) is 2.61. The van der Waals surface area contributed by atoms with Crippen LogP contribution in [-0.4, -0.2) is 41.7 Å². The molecule has 1 aliphatic heterocycles. The molecule has 1 aromatic rings. The number of aliphatic hydroxyl groups is 1. The van der Waals surface area contributed by atoms with Crippen molar-refractivity contribution in [3.8, 4) is 5.75 Å². The van der Waals surface area contributed by atoms with E-state index in [0.29, 0.717) is 13.0 Å². The van der Waals surface area contributed by atoms with Crippen LogP contribution in [0.3, 0.4) is 0 Å². The summed E-state index contributed by atoms with van der Waals surface area (Å²) in [5.74, 6) is 0.921. The second kappa shape index (κ2) is 6.75. The minimum absolute atomic E-state index is 0.00297. The van der Waals surface area contributed by atoms with Crippen molar-refractivity contribution in [3.63, 3.8) is 0 Å². The molecular formula is C16H23NO3. The summed E-state index contributed by atoms with van der Waals surface area (Å²) in [6.07, 6.45) is 2.25. The predicted octanol–water partition coefficient (Wildman–Crippen LogP) is 2.06. The SMILES string of the molecule is Cc1ccc(C)c(OCCC(=O)N2CCCC2CO)c1. The van der Waals surface area contributed by atoms with Crippen molar-refractivity contribution in [2.24, 2.45) is 0 Å². The number of amides is 1. The molecule has 20 heavy (non-hydrogen) atoms. The van der Waals surface area contributed by atoms with Gasteiger partial charge in [-0.05, 0) is 43.9 Å². The van der Waals surface area contributed by atoms with Gasteiger partial charge in [0.25, 0.3) is 0 Å². The van der Waals surface area contributed by atoms with Crippen LogP contribution in [0.25, 0.3) is 0 Å². The third-order valence-corrected chi connectivity index (χ3v) is 3.83. The number of hydrogen-bond donors (Lipinski definition) is 1. The topological polar surface area (TPSA) is 49.8 Å². The smallest absolute Gasteiger partial charge is 0.226 e. The lowest BCUT2D eigenvalue weighted by Crippen LogP contribution is -2.38. The molecule has 2 rings (SSSR count). The van der Waals surface area contributed by atoms with E-state index in [0.717, 1.165) is 36.3 Å². The highest BCUT2D eigenvalue weighted by atomic mass is 16.5. The van der Waals surface area contributed by atoms with Crippen LogP contribution in [0.15, 0.2) is 18.2 Å². The first-order chi connectivity index (χ1) is 9.61. The Labute approximate surface area is 120 Å². The van der Waals surface area contributed by atoms with E-state index in [2.05, 4.69) is 0 Å². The van der Waals surface area contributed by atoms with Gasteiger partial charge in [-0.3, -0.25) is 4.79 Å². The minimum Gasteiger partial charge on any atom is -0.493 e. The molecule has 0 spiro atoms. The fraction of sp³-hybridized carbons (Fsp3) is 0.562. The van der Waals surface area contributed by atoms with Crippen LogP contribution in [-0.2, 0) is 4.79 Å². The van der Waals surface area contributed by atoms with Crippen LogP contribution >= 0.6 is 0 Å². The molecule has 1 fully saturated rings. The van der Waals surface area contributed by atoms with Crippen LogP contribution < -0.4 is 4.74 Å². The van der Waals surface area contributed by atoms with Gasteiger partial charge in [0.2, 0.25) is 5.91 Å². The quantitative estimate of drug-likeness (QED) is 0.896. The average Bonchev–Trinajstić information content (AvgIpc) is 2.91. The summed E-state index contributed by atoms with van der Waals surface area (Å²) in [5, 5.41) is 9.23. The largest absolute Gasteiger partial charge is 0.493 e. The lowest BCUT2D eigenvalue weighted by atomic mass is 10.1. The fourth-order valence-electron chi connectivity index (χ4n) is 2.61. The molecule has 1 unspecified atom stereocenters. The number of carbonyl (C=O) groups is 1. The van der Waals surface area contributed by atoms with Gasteiger partial charge in [-0.25, -0.2) is 0 Å². The highest BCUT2D eigenvalue weighted by Crippen LogP contribution is 2.20. The van der Waals surface area contributed by atoms with Crippen LogP contribution in [0.2, 0.25) is 0 Å². The first kappa shape index (κ1) is 14.9. The third-order valence-electron chi connectivity index (χ3n) is 3.83. The van der Waals surface area contributed by atoms with Gasteiger partial charge >= 0.3 is 0 Å². The molecule has 1 saturated heterocycles. The van der Waals surface area contributed by atoms with Crippen molar-refractivity contribution in [1.82, 2.24) is 4.90 Å². The molecule has 0 bridgehead atoms. The van der Waals surface area contributed by atoms with Gasteiger partial charge in [0, 0.05) is 6.54 Å². The Morgan fingerprint density at radius 2 is 2.25 bits per heavy atom. The minimum atomic E-state index is 0.00297. The van der Waals surface area contributed by atoms with Crippen LogP contribution in [0, 0.1) is 13.8 Å². The summed E-state index contributed by atoms with van der Waals surface area (Å²) in [5.41, 5.74) is 2.23. The van der Waals surface area contributed by atoms with Crippen LogP contribution in [0.4, 0.5) is 0 Å². The summed E-state index contributed by atoms with van der Waals surface area (Å²) < 4.78 is 5.71. The number of aliphatic hydroxyl groups excluding tert-OH is 1. The van der Waals surface area contributed by atoms with Gasteiger partial charge in [0.1, 0.15) is 5.75 Å². The Balaban J connectivity index is 1.83. The molecule has 1 amide bonds. The van der Waals surface area contributed by atoms with E-state index in [4.69, 9.17) is 4.74 Å². The molecule has 1 atom stereocenters. The Bertz CT molecular complexity index is 473. The third kappa shape index (κ3) is 3.51. The maximum Gasteiger partial charge on any atom is 0.226 e. The van der Waals surface area contributed by atoms with Crippen molar-refractivity contribution >= 4 is 5.91 Å². The number of rotatable bonds is 5. The maximum atomic E-state index is 12.1. The van der Waals surface area contributed by atoms with E-state index in [1.54, 1.807) is 4.90 Å². The van der Waals surface area contributed by atoms with Crippen molar-refractivity contribution in [1.29, 1.82) is 0 Å². The summed E-state index contributed by atoms with van der Waals surface area (Å²) in [4.78, 5) is 13.9. The van der Waals surface area contributed by atoms with Gasteiger partial charge in [0.15, 0.2) is 0 Å². The number of benzene rings is 1.